The van der Waals surface area contributed by atoms with Crippen LogP contribution in [0.1, 0.15) is 27.9 Å². The van der Waals surface area contributed by atoms with E-state index in [-0.39, 0.29) is 16.4 Å². The molecule has 1 heterocycles. The first-order valence-electron chi connectivity index (χ1n) is 6.81. The Labute approximate surface area is 129 Å². The van der Waals surface area contributed by atoms with Gasteiger partial charge in [-0.15, -0.1) is 0 Å². The minimum atomic E-state index is -3.91. The Morgan fingerprint density at radius 2 is 2.00 bits per heavy atom. The Bertz CT molecular complexity index is 743. The van der Waals surface area contributed by atoms with E-state index >= 15 is 0 Å². The van der Waals surface area contributed by atoms with Gasteiger partial charge >= 0.3 is 0 Å². The third-order valence-electron chi connectivity index (χ3n) is 3.92. The van der Waals surface area contributed by atoms with Crippen LogP contribution in [0.3, 0.4) is 0 Å². The maximum atomic E-state index is 12.3. The van der Waals surface area contributed by atoms with E-state index in [2.05, 4.69) is 5.32 Å². The molecule has 1 aromatic carbocycles. The highest BCUT2D eigenvalue weighted by Gasteiger charge is 2.30. The molecule has 1 aliphatic heterocycles. The number of aryl methyl sites for hydroxylation is 1. The molecule has 2 amide bonds. The van der Waals surface area contributed by atoms with Crippen LogP contribution in [0.2, 0.25) is 0 Å². The molecule has 7 nitrogen and oxygen atoms in total. The number of rotatable bonds is 3. The van der Waals surface area contributed by atoms with E-state index in [0.29, 0.717) is 24.1 Å². The zero-order valence-corrected chi connectivity index (χ0v) is 13.5. The molecule has 120 valence electrons. The van der Waals surface area contributed by atoms with Gasteiger partial charge < -0.3 is 10.2 Å². The van der Waals surface area contributed by atoms with E-state index < -0.39 is 22.0 Å². The Hall–Kier alpha value is -1.93. The van der Waals surface area contributed by atoms with Crippen LogP contribution < -0.4 is 10.5 Å². The fourth-order valence-electron chi connectivity index (χ4n) is 2.45. The zero-order valence-electron chi connectivity index (χ0n) is 12.7. The Morgan fingerprint density at radius 1 is 1.36 bits per heavy atom. The summed E-state index contributed by atoms with van der Waals surface area (Å²) < 4.78 is 23.2. The van der Waals surface area contributed by atoms with Gasteiger partial charge in [0.1, 0.15) is 6.04 Å². The summed E-state index contributed by atoms with van der Waals surface area (Å²) in [6.07, 6.45) is 0.536. The standard InChI is InChI=1S/C14H19N3O4S/c1-8-6-10(7-12(9(8)2)22(15,20)21)13(18)16-11-4-5-17(3)14(11)19/h6-7,11H,4-5H2,1-3H3,(H,16,18)(H2,15,20,21). The molecule has 0 radical (unpaired) electrons. The van der Waals surface area contributed by atoms with Crippen LogP contribution in [0.4, 0.5) is 0 Å². The van der Waals surface area contributed by atoms with E-state index in [4.69, 9.17) is 5.14 Å². The van der Waals surface area contributed by atoms with E-state index in [1.807, 2.05) is 0 Å². The maximum Gasteiger partial charge on any atom is 0.251 e. The molecule has 1 saturated heterocycles. The summed E-state index contributed by atoms with van der Waals surface area (Å²) in [5.74, 6) is -0.634. The quantitative estimate of drug-likeness (QED) is 0.809. The monoisotopic (exact) mass is 325 g/mol. The van der Waals surface area contributed by atoms with Crippen LogP contribution in [-0.4, -0.2) is 44.8 Å². The van der Waals surface area contributed by atoms with E-state index in [1.165, 1.54) is 6.07 Å². The number of likely N-dealkylation sites (tertiary alicyclic amines) is 1. The Balaban J connectivity index is 2.31. The number of primary sulfonamides is 1. The number of carbonyl (C=O) groups excluding carboxylic acids is 2. The fourth-order valence-corrected chi connectivity index (χ4v) is 3.33. The lowest BCUT2D eigenvalue weighted by atomic mass is 10.1. The van der Waals surface area contributed by atoms with E-state index in [9.17, 15) is 18.0 Å². The molecule has 1 aromatic rings. The van der Waals surface area contributed by atoms with Gasteiger partial charge in [0.05, 0.1) is 4.90 Å². The maximum absolute atomic E-state index is 12.3. The van der Waals surface area contributed by atoms with Crippen LogP contribution in [0.25, 0.3) is 0 Å². The summed E-state index contributed by atoms with van der Waals surface area (Å²) in [6.45, 7) is 3.92. The molecule has 0 saturated carbocycles. The number of carbonyl (C=O) groups is 2. The number of hydrogen-bond donors (Lipinski definition) is 2. The number of likely N-dealkylation sites (N-methyl/N-ethyl adjacent to an activating group) is 1. The van der Waals surface area contributed by atoms with Crippen molar-refractivity contribution in [3.8, 4) is 0 Å². The summed E-state index contributed by atoms with van der Waals surface area (Å²) in [5, 5.41) is 7.81. The first-order chi connectivity index (χ1) is 10.1. The molecule has 1 aliphatic rings. The minimum Gasteiger partial charge on any atom is -0.344 e. The van der Waals surface area contributed by atoms with Crippen LogP contribution in [0.5, 0.6) is 0 Å². The van der Waals surface area contributed by atoms with Crippen LogP contribution >= 0.6 is 0 Å². The molecule has 22 heavy (non-hydrogen) atoms. The molecule has 1 unspecified atom stereocenters. The Morgan fingerprint density at radius 3 is 2.50 bits per heavy atom. The lowest BCUT2D eigenvalue weighted by molar-refractivity contribution is -0.128. The van der Waals surface area contributed by atoms with Crippen molar-refractivity contribution in [3.63, 3.8) is 0 Å². The SMILES string of the molecule is Cc1cc(C(=O)NC2CCN(C)C2=O)cc(S(N)(=O)=O)c1C. The summed E-state index contributed by atoms with van der Waals surface area (Å²) >= 11 is 0. The third-order valence-corrected chi connectivity index (χ3v) is 4.96. The fraction of sp³-hybridized carbons (Fsp3) is 0.429. The molecule has 0 bridgehead atoms. The molecule has 3 N–H and O–H groups in total. The third kappa shape index (κ3) is 3.12. The number of nitrogens with zero attached hydrogens (tertiary/aromatic N) is 1. The topological polar surface area (TPSA) is 110 Å². The van der Waals surface area contributed by atoms with Crippen LogP contribution in [0, 0.1) is 13.8 Å². The molecule has 0 spiro atoms. The predicted molar refractivity (Wildman–Crippen MR) is 80.8 cm³/mol. The van der Waals surface area contributed by atoms with Crippen molar-refractivity contribution < 1.29 is 18.0 Å². The van der Waals surface area contributed by atoms with Gasteiger partial charge in [0.2, 0.25) is 15.9 Å². The molecule has 1 fully saturated rings. The zero-order chi connectivity index (χ0) is 16.7. The van der Waals surface area contributed by atoms with Gasteiger partial charge in [-0.3, -0.25) is 9.59 Å². The minimum absolute atomic E-state index is 0.0764. The second kappa shape index (κ2) is 5.69. The lowest BCUT2D eigenvalue weighted by Crippen LogP contribution is -2.40. The van der Waals surface area contributed by atoms with Crippen molar-refractivity contribution in [2.75, 3.05) is 13.6 Å². The van der Waals surface area contributed by atoms with Gasteiger partial charge in [0.15, 0.2) is 0 Å². The highest BCUT2D eigenvalue weighted by Crippen LogP contribution is 2.20. The number of nitrogens with two attached hydrogens (primary N) is 1. The molecule has 1 atom stereocenters. The highest BCUT2D eigenvalue weighted by atomic mass is 32.2. The summed E-state index contributed by atoms with van der Waals surface area (Å²) in [5.41, 5.74) is 1.33. The smallest absolute Gasteiger partial charge is 0.251 e. The lowest BCUT2D eigenvalue weighted by Gasteiger charge is -2.14. The number of benzene rings is 1. The number of amides is 2. The van der Waals surface area contributed by atoms with Gasteiger partial charge in [-0.25, -0.2) is 13.6 Å². The predicted octanol–water partition coefficient (Wildman–Crippen LogP) is -0.0887. The summed E-state index contributed by atoms with van der Waals surface area (Å²) in [6, 6.07) is 2.26. The average molecular weight is 325 g/mol. The van der Waals surface area contributed by atoms with Gasteiger partial charge in [0, 0.05) is 19.2 Å². The number of hydrogen-bond acceptors (Lipinski definition) is 4. The molecule has 0 aromatic heterocycles. The van der Waals surface area contributed by atoms with Crippen molar-refractivity contribution in [2.24, 2.45) is 5.14 Å². The van der Waals surface area contributed by atoms with Crippen molar-refractivity contribution in [2.45, 2.75) is 31.2 Å². The van der Waals surface area contributed by atoms with Gasteiger partial charge in [-0.1, -0.05) is 0 Å². The second-order valence-corrected chi connectivity index (χ2v) is 7.07. The molecular weight excluding hydrogens is 306 g/mol. The Kier molecular flexibility index (Phi) is 4.25. The van der Waals surface area contributed by atoms with Gasteiger partial charge in [-0.2, -0.15) is 0 Å². The largest absolute Gasteiger partial charge is 0.344 e. The number of nitrogens with one attached hydrogen (secondary N) is 1. The van der Waals surface area contributed by atoms with Crippen LogP contribution in [0.15, 0.2) is 17.0 Å². The molecule has 2 rings (SSSR count). The molecular formula is C14H19N3O4S. The van der Waals surface area contributed by atoms with Gasteiger partial charge in [-0.05, 0) is 43.5 Å². The number of sulfonamides is 1. The van der Waals surface area contributed by atoms with Crippen molar-refractivity contribution in [1.29, 1.82) is 0 Å². The van der Waals surface area contributed by atoms with E-state index in [0.717, 1.165) is 0 Å². The normalized spacial score (nSPS) is 18.6. The van der Waals surface area contributed by atoms with Crippen molar-refractivity contribution in [3.05, 3.63) is 28.8 Å². The highest BCUT2D eigenvalue weighted by molar-refractivity contribution is 7.89. The first-order valence-corrected chi connectivity index (χ1v) is 8.36. The van der Waals surface area contributed by atoms with Gasteiger partial charge in [0.25, 0.3) is 5.91 Å². The summed E-state index contributed by atoms with van der Waals surface area (Å²) in [4.78, 5) is 25.6. The van der Waals surface area contributed by atoms with E-state index in [1.54, 1.807) is 31.9 Å². The van der Waals surface area contributed by atoms with Crippen molar-refractivity contribution in [1.82, 2.24) is 10.2 Å². The summed E-state index contributed by atoms with van der Waals surface area (Å²) in [7, 11) is -2.24. The molecule has 0 aliphatic carbocycles. The molecule has 8 heteroatoms. The van der Waals surface area contributed by atoms with Crippen molar-refractivity contribution >= 4 is 21.8 Å². The van der Waals surface area contributed by atoms with Crippen LogP contribution in [-0.2, 0) is 14.8 Å². The second-order valence-electron chi connectivity index (χ2n) is 5.54. The average Bonchev–Trinajstić information content (AvgIpc) is 2.72. The first kappa shape index (κ1) is 16.4.